The molecule has 3 N–H and O–H groups in total. The summed E-state index contributed by atoms with van der Waals surface area (Å²) in [5.41, 5.74) is 0.130. The van der Waals surface area contributed by atoms with Crippen molar-refractivity contribution in [1.82, 2.24) is 15.5 Å². The standard InChI is InChI=1S/C17H36N4O.HI/c1-5-17(6-2,9-11-22)14-20-16(18-7-3)19-12-15-8-10-21(4)13-15;/h15,22H,5-14H2,1-4H3,(H2,18,19,20);1H. The van der Waals surface area contributed by atoms with Crippen molar-refractivity contribution in [2.45, 2.75) is 46.5 Å². The minimum Gasteiger partial charge on any atom is -0.396 e. The Morgan fingerprint density at radius 3 is 2.43 bits per heavy atom. The van der Waals surface area contributed by atoms with Gasteiger partial charge in [0.2, 0.25) is 0 Å². The molecule has 1 fully saturated rings. The lowest BCUT2D eigenvalue weighted by molar-refractivity contribution is 0.175. The fourth-order valence-corrected chi connectivity index (χ4v) is 3.17. The number of halogens is 1. The van der Waals surface area contributed by atoms with Crippen LogP contribution in [0.25, 0.3) is 0 Å². The third-order valence-corrected chi connectivity index (χ3v) is 5.11. The molecule has 1 unspecified atom stereocenters. The Morgan fingerprint density at radius 1 is 1.26 bits per heavy atom. The Bertz CT molecular complexity index is 335. The van der Waals surface area contributed by atoms with Gasteiger partial charge in [-0.2, -0.15) is 0 Å². The van der Waals surface area contributed by atoms with Crippen molar-refractivity contribution in [2.24, 2.45) is 16.3 Å². The van der Waals surface area contributed by atoms with Crippen molar-refractivity contribution in [1.29, 1.82) is 0 Å². The van der Waals surface area contributed by atoms with Crippen molar-refractivity contribution < 1.29 is 5.11 Å². The molecule has 1 saturated heterocycles. The van der Waals surface area contributed by atoms with Crippen LogP contribution in [0.2, 0.25) is 0 Å². The Kier molecular flexibility index (Phi) is 12.3. The van der Waals surface area contributed by atoms with Crippen LogP contribution in [0.15, 0.2) is 4.99 Å². The van der Waals surface area contributed by atoms with Crippen LogP contribution in [0.3, 0.4) is 0 Å². The molecule has 1 heterocycles. The van der Waals surface area contributed by atoms with E-state index in [1.165, 1.54) is 19.5 Å². The van der Waals surface area contributed by atoms with E-state index in [1.807, 2.05) is 0 Å². The predicted octanol–water partition coefficient (Wildman–Crippen LogP) is 2.30. The van der Waals surface area contributed by atoms with Crippen LogP contribution >= 0.6 is 24.0 Å². The van der Waals surface area contributed by atoms with Crippen molar-refractivity contribution in [3.8, 4) is 0 Å². The largest absolute Gasteiger partial charge is 0.396 e. The van der Waals surface area contributed by atoms with Gasteiger partial charge < -0.3 is 20.6 Å². The van der Waals surface area contributed by atoms with Crippen molar-refractivity contribution in [3.05, 3.63) is 0 Å². The smallest absolute Gasteiger partial charge is 0.191 e. The molecular formula is C17H37IN4O. The molecule has 1 aliphatic rings. The zero-order valence-corrected chi connectivity index (χ0v) is 17.7. The number of likely N-dealkylation sites (tertiary alicyclic amines) is 1. The van der Waals surface area contributed by atoms with E-state index in [0.29, 0.717) is 5.92 Å². The van der Waals surface area contributed by atoms with Gasteiger partial charge in [-0.25, -0.2) is 0 Å². The second-order valence-corrected chi connectivity index (χ2v) is 6.67. The molecule has 6 heteroatoms. The molecule has 0 aromatic rings. The average Bonchev–Trinajstić information content (AvgIpc) is 2.94. The summed E-state index contributed by atoms with van der Waals surface area (Å²) in [6, 6.07) is 0. The van der Waals surface area contributed by atoms with Crippen LogP contribution < -0.4 is 10.6 Å². The maximum Gasteiger partial charge on any atom is 0.191 e. The van der Waals surface area contributed by atoms with E-state index in [1.54, 1.807) is 0 Å². The van der Waals surface area contributed by atoms with E-state index >= 15 is 0 Å². The van der Waals surface area contributed by atoms with E-state index in [2.05, 4.69) is 43.4 Å². The molecule has 1 rings (SSSR count). The summed E-state index contributed by atoms with van der Waals surface area (Å²) in [6.07, 6.45) is 4.21. The highest BCUT2D eigenvalue weighted by Crippen LogP contribution is 2.30. The first kappa shape index (κ1) is 22.9. The monoisotopic (exact) mass is 440 g/mol. The molecule has 0 aromatic carbocycles. The van der Waals surface area contributed by atoms with Crippen molar-refractivity contribution in [2.75, 3.05) is 46.4 Å². The molecule has 23 heavy (non-hydrogen) atoms. The number of aliphatic imine (C=N–C) groups is 1. The second-order valence-electron chi connectivity index (χ2n) is 6.67. The molecule has 0 bridgehead atoms. The number of nitrogens with zero attached hydrogens (tertiary/aromatic N) is 2. The highest BCUT2D eigenvalue weighted by atomic mass is 127. The molecule has 1 atom stereocenters. The molecule has 0 amide bonds. The lowest BCUT2D eigenvalue weighted by Gasteiger charge is -2.29. The van der Waals surface area contributed by atoms with Crippen LogP contribution in [0.5, 0.6) is 0 Å². The number of hydrogen-bond donors (Lipinski definition) is 3. The van der Waals surface area contributed by atoms with E-state index in [9.17, 15) is 5.11 Å². The molecule has 0 aliphatic carbocycles. The zero-order chi connectivity index (χ0) is 16.4. The van der Waals surface area contributed by atoms with Crippen LogP contribution in [0.4, 0.5) is 0 Å². The first-order chi connectivity index (χ1) is 10.6. The SMILES string of the molecule is CCNC(=NCC(CC)(CC)CCO)NCC1CCN(C)C1.I. The van der Waals surface area contributed by atoms with E-state index in [0.717, 1.165) is 44.9 Å². The van der Waals surface area contributed by atoms with Crippen LogP contribution in [-0.4, -0.2) is 62.3 Å². The summed E-state index contributed by atoms with van der Waals surface area (Å²) in [6.45, 7) is 11.8. The maximum atomic E-state index is 9.32. The van der Waals surface area contributed by atoms with Gasteiger partial charge in [0.15, 0.2) is 5.96 Å². The van der Waals surface area contributed by atoms with E-state index in [-0.39, 0.29) is 36.0 Å². The Balaban J connectivity index is 0.00000484. The maximum absolute atomic E-state index is 9.32. The van der Waals surface area contributed by atoms with Gasteiger partial charge in [0.1, 0.15) is 0 Å². The summed E-state index contributed by atoms with van der Waals surface area (Å²) < 4.78 is 0. The van der Waals surface area contributed by atoms with Gasteiger partial charge in [0, 0.05) is 32.8 Å². The number of guanidine groups is 1. The minimum absolute atomic E-state index is 0. The van der Waals surface area contributed by atoms with Crippen LogP contribution in [0.1, 0.15) is 46.5 Å². The van der Waals surface area contributed by atoms with Gasteiger partial charge >= 0.3 is 0 Å². The average molecular weight is 440 g/mol. The molecule has 0 spiro atoms. The quantitative estimate of drug-likeness (QED) is 0.293. The van der Waals surface area contributed by atoms with Gasteiger partial charge in [-0.05, 0) is 57.5 Å². The lowest BCUT2D eigenvalue weighted by Crippen LogP contribution is -2.41. The first-order valence-corrected chi connectivity index (χ1v) is 8.90. The molecule has 0 aromatic heterocycles. The highest BCUT2D eigenvalue weighted by Gasteiger charge is 2.25. The summed E-state index contributed by atoms with van der Waals surface area (Å²) in [5.74, 6) is 1.63. The van der Waals surface area contributed by atoms with Gasteiger partial charge in [0.05, 0.1) is 0 Å². The third kappa shape index (κ3) is 8.03. The van der Waals surface area contributed by atoms with Gasteiger partial charge in [0.25, 0.3) is 0 Å². The summed E-state index contributed by atoms with van der Waals surface area (Å²) >= 11 is 0. The van der Waals surface area contributed by atoms with E-state index < -0.39 is 0 Å². The molecular weight excluding hydrogens is 403 g/mol. The van der Waals surface area contributed by atoms with E-state index in [4.69, 9.17) is 4.99 Å². The summed E-state index contributed by atoms with van der Waals surface area (Å²) in [4.78, 5) is 7.18. The normalized spacial score (nSPS) is 19.5. The molecule has 138 valence electrons. The molecule has 0 saturated carbocycles. The van der Waals surface area contributed by atoms with Crippen molar-refractivity contribution >= 4 is 29.9 Å². The molecule has 0 radical (unpaired) electrons. The Morgan fingerprint density at radius 2 is 1.96 bits per heavy atom. The highest BCUT2D eigenvalue weighted by molar-refractivity contribution is 14.0. The molecule has 1 aliphatic heterocycles. The fourth-order valence-electron chi connectivity index (χ4n) is 3.17. The van der Waals surface area contributed by atoms with Crippen LogP contribution in [0, 0.1) is 11.3 Å². The number of hydrogen-bond acceptors (Lipinski definition) is 3. The minimum atomic E-state index is 0. The summed E-state index contributed by atoms with van der Waals surface area (Å²) in [5, 5.41) is 16.2. The van der Waals surface area contributed by atoms with Crippen molar-refractivity contribution in [3.63, 3.8) is 0 Å². The number of rotatable bonds is 9. The number of nitrogens with one attached hydrogen (secondary N) is 2. The van der Waals surface area contributed by atoms with Crippen LogP contribution in [-0.2, 0) is 0 Å². The molecule has 5 nitrogen and oxygen atoms in total. The Labute approximate surface area is 159 Å². The zero-order valence-electron chi connectivity index (χ0n) is 15.4. The van der Waals surface area contributed by atoms with Gasteiger partial charge in [-0.1, -0.05) is 13.8 Å². The Hall–Kier alpha value is -0.0800. The summed E-state index contributed by atoms with van der Waals surface area (Å²) in [7, 11) is 2.19. The fraction of sp³-hybridized carbons (Fsp3) is 0.941. The lowest BCUT2D eigenvalue weighted by atomic mass is 9.79. The third-order valence-electron chi connectivity index (χ3n) is 5.11. The number of aliphatic hydroxyl groups is 1. The van der Waals surface area contributed by atoms with Gasteiger partial charge in [-0.15, -0.1) is 24.0 Å². The topological polar surface area (TPSA) is 59.9 Å². The van der Waals surface area contributed by atoms with Gasteiger partial charge in [-0.3, -0.25) is 4.99 Å². The predicted molar refractivity (Wildman–Crippen MR) is 110 cm³/mol. The number of aliphatic hydroxyl groups excluding tert-OH is 1. The first-order valence-electron chi connectivity index (χ1n) is 8.90. The second kappa shape index (κ2) is 12.3.